The molecule has 0 spiro atoms. The summed E-state index contributed by atoms with van der Waals surface area (Å²) in [6.45, 7) is 1.12. The number of hydrogen-bond donors (Lipinski definition) is 1. The van der Waals surface area contributed by atoms with Crippen LogP contribution in [0.15, 0.2) is 22.7 Å². The fourth-order valence-corrected chi connectivity index (χ4v) is 2.77. The normalized spacial score (nSPS) is 21.3. The molecule has 1 heterocycles. The largest absolute Gasteiger partial charge is 0.496 e. The van der Waals surface area contributed by atoms with Crippen molar-refractivity contribution in [1.29, 1.82) is 0 Å². The highest BCUT2D eigenvalue weighted by molar-refractivity contribution is 9.10. The molecule has 1 aromatic carbocycles. The Balaban J connectivity index is 2.26. The van der Waals surface area contributed by atoms with Gasteiger partial charge in [0.1, 0.15) is 5.75 Å². The average molecular weight is 270 g/mol. The fraction of sp³-hybridized carbons (Fsp3) is 0.500. The summed E-state index contributed by atoms with van der Waals surface area (Å²) in [6, 6.07) is 6.67. The molecule has 1 saturated heterocycles. The van der Waals surface area contributed by atoms with Crippen molar-refractivity contribution in [2.75, 3.05) is 13.7 Å². The van der Waals surface area contributed by atoms with E-state index >= 15 is 0 Å². The zero-order chi connectivity index (χ0) is 10.7. The molecule has 0 radical (unpaired) electrons. The lowest BCUT2D eigenvalue weighted by atomic mass is 9.97. The lowest BCUT2D eigenvalue weighted by Gasteiger charge is -2.25. The average Bonchev–Trinajstić information content (AvgIpc) is 2.30. The molecular weight excluding hydrogens is 254 g/mol. The van der Waals surface area contributed by atoms with Gasteiger partial charge in [-0.2, -0.15) is 0 Å². The monoisotopic (exact) mass is 269 g/mol. The first-order chi connectivity index (χ1) is 7.33. The number of piperidine rings is 1. The second-order valence-electron chi connectivity index (χ2n) is 3.87. The smallest absolute Gasteiger partial charge is 0.133 e. The van der Waals surface area contributed by atoms with E-state index in [1.54, 1.807) is 7.11 Å². The Labute approximate surface area is 99.1 Å². The molecule has 0 bridgehead atoms. The third-order valence-electron chi connectivity index (χ3n) is 2.90. The molecule has 1 unspecified atom stereocenters. The Hall–Kier alpha value is -0.540. The van der Waals surface area contributed by atoms with Gasteiger partial charge >= 0.3 is 0 Å². The SMILES string of the molecule is COc1cccc(C2CCCCN2)c1Br. The number of nitrogens with one attached hydrogen (secondary N) is 1. The molecule has 1 aromatic rings. The minimum atomic E-state index is 0.475. The van der Waals surface area contributed by atoms with Gasteiger partial charge in [0.05, 0.1) is 11.6 Å². The van der Waals surface area contributed by atoms with Gasteiger partial charge in [-0.1, -0.05) is 18.6 Å². The highest BCUT2D eigenvalue weighted by atomic mass is 79.9. The van der Waals surface area contributed by atoms with Crippen molar-refractivity contribution in [2.24, 2.45) is 0 Å². The molecule has 1 fully saturated rings. The summed E-state index contributed by atoms with van der Waals surface area (Å²) >= 11 is 3.61. The van der Waals surface area contributed by atoms with Crippen LogP contribution in [-0.2, 0) is 0 Å². The van der Waals surface area contributed by atoms with Gasteiger partial charge in [0.15, 0.2) is 0 Å². The molecule has 2 nitrogen and oxygen atoms in total. The highest BCUT2D eigenvalue weighted by Gasteiger charge is 2.18. The van der Waals surface area contributed by atoms with Gasteiger partial charge < -0.3 is 10.1 Å². The molecule has 1 atom stereocenters. The van der Waals surface area contributed by atoms with E-state index in [4.69, 9.17) is 4.74 Å². The number of halogens is 1. The van der Waals surface area contributed by atoms with Gasteiger partial charge in [-0.3, -0.25) is 0 Å². The van der Waals surface area contributed by atoms with E-state index in [0.29, 0.717) is 6.04 Å². The lowest BCUT2D eigenvalue weighted by molar-refractivity contribution is 0.397. The Bertz CT molecular complexity index is 334. The van der Waals surface area contributed by atoms with E-state index in [1.165, 1.54) is 24.8 Å². The summed E-state index contributed by atoms with van der Waals surface area (Å²) in [5.41, 5.74) is 1.31. The van der Waals surface area contributed by atoms with Gasteiger partial charge in [0.2, 0.25) is 0 Å². The molecule has 2 rings (SSSR count). The van der Waals surface area contributed by atoms with Gasteiger partial charge in [-0.05, 0) is 46.9 Å². The number of rotatable bonds is 2. The zero-order valence-electron chi connectivity index (χ0n) is 8.92. The minimum Gasteiger partial charge on any atom is -0.496 e. The number of methoxy groups -OCH3 is 1. The second-order valence-corrected chi connectivity index (χ2v) is 4.66. The van der Waals surface area contributed by atoms with Crippen LogP contribution in [-0.4, -0.2) is 13.7 Å². The van der Waals surface area contributed by atoms with Crippen molar-refractivity contribution in [3.8, 4) is 5.75 Å². The third-order valence-corrected chi connectivity index (χ3v) is 3.75. The predicted molar refractivity (Wildman–Crippen MR) is 65.3 cm³/mol. The Morgan fingerprint density at radius 1 is 1.40 bits per heavy atom. The fourth-order valence-electron chi connectivity index (χ4n) is 2.07. The topological polar surface area (TPSA) is 21.3 Å². The van der Waals surface area contributed by atoms with E-state index in [2.05, 4.69) is 33.4 Å². The summed E-state index contributed by atoms with van der Waals surface area (Å²) < 4.78 is 6.39. The zero-order valence-corrected chi connectivity index (χ0v) is 10.5. The summed E-state index contributed by atoms with van der Waals surface area (Å²) in [6.07, 6.45) is 3.81. The van der Waals surface area contributed by atoms with Gasteiger partial charge in [0.25, 0.3) is 0 Å². The van der Waals surface area contributed by atoms with Crippen LogP contribution in [0.3, 0.4) is 0 Å². The standard InChI is InChI=1S/C12H16BrNO/c1-15-11-7-4-5-9(12(11)13)10-6-2-3-8-14-10/h4-5,7,10,14H,2-3,6,8H2,1H3. The molecule has 3 heteroatoms. The Morgan fingerprint density at radius 3 is 2.93 bits per heavy atom. The minimum absolute atomic E-state index is 0.475. The van der Waals surface area contributed by atoms with Crippen LogP contribution in [0.5, 0.6) is 5.75 Å². The van der Waals surface area contributed by atoms with Crippen molar-refractivity contribution in [1.82, 2.24) is 5.32 Å². The Kier molecular flexibility index (Phi) is 3.65. The van der Waals surface area contributed by atoms with Crippen LogP contribution in [0.25, 0.3) is 0 Å². The summed E-state index contributed by atoms with van der Waals surface area (Å²) in [7, 11) is 1.71. The van der Waals surface area contributed by atoms with Crippen LogP contribution in [0.2, 0.25) is 0 Å². The number of ether oxygens (including phenoxy) is 1. The third kappa shape index (κ3) is 2.34. The summed E-state index contributed by atoms with van der Waals surface area (Å²) in [5, 5.41) is 3.54. The maximum Gasteiger partial charge on any atom is 0.133 e. The molecule has 0 saturated carbocycles. The molecule has 1 N–H and O–H groups in total. The maximum absolute atomic E-state index is 5.30. The molecule has 82 valence electrons. The number of benzene rings is 1. The number of hydrogen-bond acceptors (Lipinski definition) is 2. The Morgan fingerprint density at radius 2 is 2.27 bits per heavy atom. The van der Waals surface area contributed by atoms with Crippen molar-refractivity contribution in [3.63, 3.8) is 0 Å². The van der Waals surface area contributed by atoms with Crippen LogP contribution in [0, 0.1) is 0 Å². The molecule has 1 aliphatic rings. The van der Waals surface area contributed by atoms with E-state index in [0.717, 1.165) is 16.8 Å². The lowest BCUT2D eigenvalue weighted by Crippen LogP contribution is -2.27. The van der Waals surface area contributed by atoms with Gasteiger partial charge in [-0.15, -0.1) is 0 Å². The molecule has 0 amide bonds. The summed E-state index contributed by atoms with van der Waals surface area (Å²) in [5.74, 6) is 0.917. The van der Waals surface area contributed by atoms with E-state index in [1.807, 2.05) is 6.07 Å². The van der Waals surface area contributed by atoms with Crippen LogP contribution >= 0.6 is 15.9 Å². The molecule has 15 heavy (non-hydrogen) atoms. The molecule has 0 aromatic heterocycles. The molecule has 0 aliphatic carbocycles. The molecule has 1 aliphatic heterocycles. The van der Waals surface area contributed by atoms with E-state index < -0.39 is 0 Å². The quantitative estimate of drug-likeness (QED) is 0.890. The van der Waals surface area contributed by atoms with Gasteiger partial charge in [0, 0.05) is 6.04 Å². The highest BCUT2D eigenvalue weighted by Crippen LogP contribution is 2.34. The predicted octanol–water partition coefficient (Wildman–Crippen LogP) is 3.27. The summed E-state index contributed by atoms with van der Waals surface area (Å²) in [4.78, 5) is 0. The van der Waals surface area contributed by atoms with Gasteiger partial charge in [-0.25, -0.2) is 0 Å². The van der Waals surface area contributed by atoms with E-state index in [9.17, 15) is 0 Å². The first kappa shape index (κ1) is 11.0. The molecular formula is C12H16BrNO. The van der Waals surface area contributed by atoms with Crippen molar-refractivity contribution in [3.05, 3.63) is 28.2 Å². The first-order valence-electron chi connectivity index (χ1n) is 5.38. The van der Waals surface area contributed by atoms with E-state index in [-0.39, 0.29) is 0 Å². The maximum atomic E-state index is 5.30. The van der Waals surface area contributed by atoms with Crippen molar-refractivity contribution in [2.45, 2.75) is 25.3 Å². The van der Waals surface area contributed by atoms with Crippen molar-refractivity contribution < 1.29 is 4.74 Å². The van der Waals surface area contributed by atoms with Crippen LogP contribution in [0.4, 0.5) is 0 Å². The van der Waals surface area contributed by atoms with Crippen LogP contribution in [0.1, 0.15) is 30.9 Å². The van der Waals surface area contributed by atoms with Crippen LogP contribution < -0.4 is 10.1 Å². The van der Waals surface area contributed by atoms with Crippen molar-refractivity contribution >= 4 is 15.9 Å². The second kappa shape index (κ2) is 4.99. The first-order valence-corrected chi connectivity index (χ1v) is 6.18.